The Morgan fingerprint density at radius 2 is 1.11 bits per heavy atom. The van der Waals surface area contributed by atoms with Crippen LogP contribution in [-0.2, 0) is 11.1 Å². The first kappa shape index (κ1) is 20.6. The molecule has 0 aliphatic rings. The lowest BCUT2D eigenvalue weighted by Gasteiger charge is -2.15. The van der Waals surface area contributed by atoms with Gasteiger partial charge in [-0.05, 0) is 16.7 Å². The van der Waals surface area contributed by atoms with Gasteiger partial charge in [0.25, 0.3) is 0 Å². The van der Waals surface area contributed by atoms with Crippen molar-refractivity contribution in [3.05, 3.63) is 119 Å². The van der Waals surface area contributed by atoms with Gasteiger partial charge in [-0.3, -0.25) is 9.65 Å². The molecule has 0 saturated carbocycles. The first-order valence-corrected chi connectivity index (χ1v) is 11.4. The Morgan fingerprint density at radius 1 is 0.714 bits per heavy atom. The lowest BCUT2D eigenvalue weighted by Crippen LogP contribution is -2.07. The fourth-order valence-electron chi connectivity index (χ4n) is 2.62. The first-order chi connectivity index (χ1) is 13.6. The van der Waals surface area contributed by atoms with Crippen LogP contribution in [0.1, 0.15) is 16.7 Å². The molecule has 0 radical (unpaired) electrons. The zero-order chi connectivity index (χ0) is 19.8. The number of benzene rings is 3. The second-order valence-corrected chi connectivity index (χ2v) is 9.28. The van der Waals surface area contributed by atoms with E-state index < -0.39 is 7.29 Å². The number of nitrogens with one attached hydrogen (secondary N) is 1. The molecule has 1 N–H and O–H groups in total. The van der Waals surface area contributed by atoms with Crippen molar-refractivity contribution in [1.29, 1.82) is 0 Å². The number of hydrogen-bond donors (Lipinski definition) is 1. The highest BCUT2D eigenvalue weighted by Gasteiger charge is 2.19. The molecule has 0 aliphatic heterocycles. The summed E-state index contributed by atoms with van der Waals surface area (Å²) in [4.78, 5) is 0. The van der Waals surface area contributed by atoms with Gasteiger partial charge in [0.2, 0.25) is 0 Å². The zero-order valence-corrected chi connectivity index (χ0v) is 17.5. The largest absolute Gasteiger partial charge is 0.298 e. The Hall–Kier alpha value is -2.09. The first-order valence-electron chi connectivity index (χ1n) is 8.82. The van der Waals surface area contributed by atoms with Crippen LogP contribution < -0.4 is 5.09 Å². The van der Waals surface area contributed by atoms with Gasteiger partial charge in [-0.15, -0.1) is 0 Å². The van der Waals surface area contributed by atoms with Crippen molar-refractivity contribution < 1.29 is 4.57 Å². The summed E-state index contributed by atoms with van der Waals surface area (Å²) < 4.78 is 13.7. The predicted molar refractivity (Wildman–Crippen MR) is 121 cm³/mol. The van der Waals surface area contributed by atoms with Gasteiger partial charge < -0.3 is 0 Å². The maximum atomic E-state index is 13.7. The van der Waals surface area contributed by atoms with E-state index in [2.05, 4.69) is 5.09 Å². The molecule has 0 saturated heterocycles. The van der Waals surface area contributed by atoms with Gasteiger partial charge in [0.05, 0.1) is 10.1 Å². The van der Waals surface area contributed by atoms with Crippen LogP contribution in [0.15, 0.2) is 103 Å². The average Bonchev–Trinajstić information content (AvgIpc) is 2.74. The van der Waals surface area contributed by atoms with E-state index >= 15 is 0 Å². The highest BCUT2D eigenvalue weighted by molar-refractivity contribution is 7.68. The molecule has 0 fully saturated rings. The number of hydrogen-bond acceptors (Lipinski definition) is 1. The van der Waals surface area contributed by atoms with Gasteiger partial charge in [0, 0.05) is 18.2 Å². The van der Waals surface area contributed by atoms with Crippen LogP contribution in [0, 0.1) is 0 Å². The quantitative estimate of drug-likeness (QED) is 0.394. The minimum Gasteiger partial charge on any atom is -0.298 e. The van der Waals surface area contributed by atoms with E-state index in [0.717, 1.165) is 16.7 Å². The van der Waals surface area contributed by atoms with Crippen LogP contribution >= 0.6 is 30.5 Å². The summed E-state index contributed by atoms with van der Waals surface area (Å²) in [7, 11) is -3.17. The van der Waals surface area contributed by atoms with Crippen molar-refractivity contribution in [2.75, 3.05) is 0 Å². The molecule has 1 unspecified atom stereocenters. The minimum atomic E-state index is -3.17. The van der Waals surface area contributed by atoms with Gasteiger partial charge >= 0.3 is 0 Å². The van der Waals surface area contributed by atoms with Gasteiger partial charge in [-0.25, -0.2) is 0 Å². The standard InChI is InChI=1S/C23H20Cl2NOP/c24-22(20-12-6-2-7-13-20)17-28(27,26-16-19-10-4-1-5-11-19)18-23(25)21-14-8-3-9-15-21/h1-15,17-18H,16H2,(H,26,27)/b22-17-,23-18+. The summed E-state index contributed by atoms with van der Waals surface area (Å²) in [6.45, 7) is 0.434. The lowest BCUT2D eigenvalue weighted by molar-refractivity contribution is 0.577. The van der Waals surface area contributed by atoms with Crippen LogP contribution in [0.2, 0.25) is 0 Å². The Bertz CT molecular complexity index is 943. The van der Waals surface area contributed by atoms with Crippen LogP contribution in [0.5, 0.6) is 0 Å². The molecule has 0 heterocycles. The summed E-state index contributed by atoms with van der Waals surface area (Å²) in [5.74, 6) is 3.14. The van der Waals surface area contributed by atoms with Crippen LogP contribution in [0.3, 0.4) is 0 Å². The summed E-state index contributed by atoms with van der Waals surface area (Å²) in [5.41, 5.74) is 2.63. The molecule has 142 valence electrons. The van der Waals surface area contributed by atoms with E-state index in [4.69, 9.17) is 23.2 Å². The fraction of sp³-hybridized carbons (Fsp3) is 0.0435. The molecule has 28 heavy (non-hydrogen) atoms. The fourth-order valence-corrected chi connectivity index (χ4v) is 5.40. The molecule has 3 aromatic carbocycles. The number of halogens is 2. The second-order valence-electron chi connectivity index (χ2n) is 6.22. The molecule has 2 nitrogen and oxygen atoms in total. The number of rotatable bonds is 7. The SMILES string of the molecule is O=P(/C=C(\Cl)c1ccccc1)(/C=C(/Cl)c1ccccc1)NCc1ccccc1. The topological polar surface area (TPSA) is 29.1 Å². The highest BCUT2D eigenvalue weighted by atomic mass is 35.5. The van der Waals surface area contributed by atoms with E-state index in [1.165, 1.54) is 0 Å². The minimum absolute atomic E-state index is 0.415. The Balaban J connectivity index is 1.94. The maximum absolute atomic E-state index is 13.7. The van der Waals surface area contributed by atoms with Gasteiger partial charge in [-0.1, -0.05) is 114 Å². The molecule has 0 aliphatic carbocycles. The normalized spacial score (nSPS) is 14.5. The van der Waals surface area contributed by atoms with Crippen molar-refractivity contribution in [3.63, 3.8) is 0 Å². The molecule has 0 aromatic heterocycles. The zero-order valence-electron chi connectivity index (χ0n) is 15.1. The van der Waals surface area contributed by atoms with Crippen molar-refractivity contribution in [1.82, 2.24) is 5.09 Å². The van der Waals surface area contributed by atoms with Crippen LogP contribution in [0.4, 0.5) is 0 Å². The monoisotopic (exact) mass is 427 g/mol. The molecular weight excluding hydrogens is 408 g/mol. The molecule has 3 aromatic rings. The van der Waals surface area contributed by atoms with Gasteiger partial charge in [-0.2, -0.15) is 0 Å². The lowest BCUT2D eigenvalue weighted by atomic mass is 10.2. The van der Waals surface area contributed by atoms with E-state index in [9.17, 15) is 4.57 Å². The van der Waals surface area contributed by atoms with Crippen molar-refractivity contribution >= 4 is 40.6 Å². The molecule has 3 rings (SSSR count). The van der Waals surface area contributed by atoms with Gasteiger partial charge in [0.15, 0.2) is 7.29 Å². The molecule has 5 heteroatoms. The van der Waals surface area contributed by atoms with E-state index in [-0.39, 0.29) is 0 Å². The van der Waals surface area contributed by atoms with Crippen molar-refractivity contribution in [2.24, 2.45) is 0 Å². The highest BCUT2D eigenvalue weighted by Crippen LogP contribution is 2.50. The van der Waals surface area contributed by atoms with E-state index in [0.29, 0.717) is 16.6 Å². The summed E-state index contributed by atoms with van der Waals surface area (Å²) in [6.07, 6.45) is 0. The summed E-state index contributed by atoms with van der Waals surface area (Å²) in [5, 5.41) is 3.98. The third-order valence-corrected chi connectivity index (χ3v) is 6.98. The molecule has 0 bridgehead atoms. The van der Waals surface area contributed by atoms with E-state index in [1.54, 1.807) is 11.6 Å². The average molecular weight is 428 g/mol. The maximum Gasteiger partial charge on any atom is 0.193 e. The van der Waals surface area contributed by atoms with Crippen LogP contribution in [0.25, 0.3) is 10.1 Å². The second kappa shape index (κ2) is 9.91. The third kappa shape index (κ3) is 5.95. The Labute approximate surface area is 175 Å². The smallest absolute Gasteiger partial charge is 0.193 e. The molecular formula is C23H20Cl2NOP. The van der Waals surface area contributed by atoms with Crippen molar-refractivity contribution in [2.45, 2.75) is 6.54 Å². The third-order valence-electron chi connectivity index (χ3n) is 4.08. The van der Waals surface area contributed by atoms with Crippen molar-refractivity contribution in [3.8, 4) is 0 Å². The van der Waals surface area contributed by atoms with Gasteiger partial charge in [0.1, 0.15) is 0 Å². The predicted octanol–water partition coefficient (Wildman–Crippen LogP) is 7.53. The Morgan fingerprint density at radius 3 is 1.54 bits per heavy atom. The molecule has 1 atom stereocenters. The molecule has 0 amide bonds. The van der Waals surface area contributed by atoms with Crippen LogP contribution in [-0.4, -0.2) is 0 Å². The Kier molecular flexibility index (Phi) is 7.30. The van der Waals surface area contributed by atoms with E-state index in [1.807, 2.05) is 91.0 Å². The molecule has 0 spiro atoms. The summed E-state index contributed by atoms with van der Waals surface area (Å²) >= 11 is 13.0. The summed E-state index contributed by atoms with van der Waals surface area (Å²) in [6, 6.07) is 28.7.